The minimum absolute atomic E-state index is 0.0955. The molecule has 0 fully saturated rings. The van der Waals surface area contributed by atoms with Gasteiger partial charge in [0.05, 0.1) is 13.2 Å². The van der Waals surface area contributed by atoms with Gasteiger partial charge in [0, 0.05) is 38.7 Å². The lowest BCUT2D eigenvalue weighted by atomic mass is 10.2. The Hall–Kier alpha value is -4.10. The number of nitrogens with zero attached hydrogens (tertiary/aromatic N) is 2. The van der Waals surface area contributed by atoms with Gasteiger partial charge in [-0.15, -0.1) is 13.2 Å². The summed E-state index contributed by atoms with van der Waals surface area (Å²) in [4.78, 5) is 29.6. The number of ether oxygens (including phenoxy) is 3. The number of nitrogens with one attached hydrogen (secondary N) is 3. The summed E-state index contributed by atoms with van der Waals surface area (Å²) in [5, 5.41) is 7.82. The first-order valence-electron chi connectivity index (χ1n) is 11.6. The molecule has 0 aliphatic heterocycles. The zero-order chi connectivity index (χ0) is 27.4. The third-order valence-electron chi connectivity index (χ3n) is 4.95. The van der Waals surface area contributed by atoms with Crippen molar-refractivity contribution in [1.82, 2.24) is 14.9 Å². The lowest BCUT2D eigenvalue weighted by molar-refractivity contribution is -0.274. The van der Waals surface area contributed by atoms with Crippen molar-refractivity contribution in [2.75, 3.05) is 44.1 Å². The number of imidazole rings is 1. The van der Waals surface area contributed by atoms with Crippen LogP contribution in [0.2, 0.25) is 0 Å². The molecule has 0 saturated carbocycles. The highest BCUT2D eigenvalue weighted by atomic mass is 19.4. The van der Waals surface area contributed by atoms with Crippen molar-refractivity contribution in [2.24, 2.45) is 0 Å². The van der Waals surface area contributed by atoms with Crippen molar-refractivity contribution in [3.05, 3.63) is 72.2 Å². The number of hydrogen-bond acceptors (Lipinski definition) is 6. The van der Waals surface area contributed by atoms with Crippen LogP contribution in [0.15, 0.2) is 60.8 Å². The second kappa shape index (κ2) is 14.0. The van der Waals surface area contributed by atoms with E-state index in [1.807, 2.05) is 30.3 Å². The van der Waals surface area contributed by atoms with E-state index in [-0.39, 0.29) is 17.3 Å². The van der Waals surface area contributed by atoms with Gasteiger partial charge in [-0.1, -0.05) is 30.3 Å². The highest BCUT2D eigenvalue weighted by Gasteiger charge is 2.31. The fraction of sp³-hybridized carbons (Fsp3) is 0.320. The van der Waals surface area contributed by atoms with Crippen molar-refractivity contribution < 1.29 is 37.0 Å². The summed E-state index contributed by atoms with van der Waals surface area (Å²) >= 11 is 0. The maximum absolute atomic E-state index is 12.8. The molecule has 10 nitrogen and oxygen atoms in total. The van der Waals surface area contributed by atoms with Crippen molar-refractivity contribution >= 4 is 23.4 Å². The van der Waals surface area contributed by atoms with E-state index in [9.17, 15) is 22.8 Å². The summed E-state index contributed by atoms with van der Waals surface area (Å²) < 4.78 is 52.7. The van der Waals surface area contributed by atoms with Crippen molar-refractivity contribution in [3.63, 3.8) is 0 Å². The molecule has 3 rings (SSSR count). The number of carbonyl (C=O) groups is 2. The molecule has 0 unspecified atom stereocenters. The van der Waals surface area contributed by atoms with E-state index in [0.29, 0.717) is 39.3 Å². The maximum atomic E-state index is 12.8. The number of halogens is 3. The van der Waals surface area contributed by atoms with E-state index in [1.165, 1.54) is 18.3 Å². The Morgan fingerprint density at radius 3 is 2.39 bits per heavy atom. The lowest BCUT2D eigenvalue weighted by Crippen LogP contribution is -2.28. The molecule has 1 heterocycles. The zero-order valence-electron chi connectivity index (χ0n) is 20.6. The van der Waals surface area contributed by atoms with Crippen molar-refractivity contribution in [3.8, 4) is 5.75 Å². The van der Waals surface area contributed by atoms with Gasteiger partial charge in [0.15, 0.2) is 5.82 Å². The van der Waals surface area contributed by atoms with E-state index in [4.69, 9.17) is 9.47 Å². The van der Waals surface area contributed by atoms with E-state index in [1.54, 1.807) is 11.7 Å². The summed E-state index contributed by atoms with van der Waals surface area (Å²) in [6, 6.07) is 13.4. The third kappa shape index (κ3) is 9.75. The molecule has 0 spiro atoms. The molecule has 204 valence electrons. The Balaban J connectivity index is 1.62. The third-order valence-corrected chi connectivity index (χ3v) is 4.95. The summed E-state index contributed by atoms with van der Waals surface area (Å²) in [6.07, 6.45) is -2.70. The molecule has 0 bridgehead atoms. The Kier molecular flexibility index (Phi) is 10.5. The average Bonchev–Trinajstić information content (AvgIpc) is 3.26. The van der Waals surface area contributed by atoms with Gasteiger partial charge in [-0.2, -0.15) is 0 Å². The van der Waals surface area contributed by atoms with Crippen LogP contribution in [0.1, 0.15) is 22.6 Å². The molecule has 0 aliphatic rings. The van der Waals surface area contributed by atoms with Crippen molar-refractivity contribution in [2.45, 2.75) is 19.3 Å². The Morgan fingerprint density at radius 1 is 0.974 bits per heavy atom. The van der Waals surface area contributed by atoms with Gasteiger partial charge in [0.2, 0.25) is 5.82 Å². The minimum Gasteiger partial charge on any atom is -0.406 e. The number of carbonyl (C=O) groups excluding carboxylic acids is 2. The van der Waals surface area contributed by atoms with Gasteiger partial charge in [-0.3, -0.25) is 10.1 Å². The predicted octanol–water partition coefficient (Wildman–Crippen LogP) is 4.26. The summed E-state index contributed by atoms with van der Waals surface area (Å²) in [6.45, 7) is 2.11. The number of anilines is 2. The van der Waals surface area contributed by atoms with Crippen molar-refractivity contribution in [1.29, 1.82) is 0 Å². The first-order chi connectivity index (χ1) is 18.2. The number of hydrogen-bond donors (Lipinski definition) is 3. The highest BCUT2D eigenvalue weighted by molar-refractivity contribution is 5.99. The molecule has 13 heteroatoms. The van der Waals surface area contributed by atoms with Gasteiger partial charge in [-0.05, 0) is 36.2 Å². The molecule has 3 aromatic rings. The number of methoxy groups -OCH3 is 1. The number of benzene rings is 2. The monoisotopic (exact) mass is 535 g/mol. The molecule has 0 atom stereocenters. The van der Waals surface area contributed by atoms with E-state index < -0.39 is 24.1 Å². The second-order valence-electron chi connectivity index (χ2n) is 7.93. The van der Waals surface area contributed by atoms with Crippen LogP contribution in [0.3, 0.4) is 0 Å². The fourth-order valence-electron chi connectivity index (χ4n) is 3.28. The van der Waals surface area contributed by atoms with Crippen LogP contribution in [0.5, 0.6) is 5.75 Å². The van der Waals surface area contributed by atoms with Gasteiger partial charge < -0.3 is 29.4 Å². The topological polar surface area (TPSA) is 116 Å². The van der Waals surface area contributed by atoms with E-state index >= 15 is 0 Å². The van der Waals surface area contributed by atoms with Crippen LogP contribution in [0.4, 0.5) is 29.5 Å². The van der Waals surface area contributed by atoms with Gasteiger partial charge in [0.25, 0.3) is 5.91 Å². The number of urea groups is 1. The molecule has 0 aliphatic carbocycles. The smallest absolute Gasteiger partial charge is 0.406 e. The van der Waals surface area contributed by atoms with Crippen LogP contribution in [-0.4, -0.2) is 61.3 Å². The normalized spacial score (nSPS) is 11.2. The standard InChI is InChI=1S/C25H28F3N5O5/c1-36-14-15-37-13-5-12-29-23(34)22-31-21(17-33(22)16-18-6-3-2-4-7-18)32-24(35)30-19-8-10-20(11-9-19)38-25(26,27)28/h2-4,6-11,17H,5,12-16H2,1H3,(H,29,34)(H2,30,32,35). The fourth-order valence-corrected chi connectivity index (χ4v) is 3.28. The Labute approximate surface area is 217 Å². The van der Waals surface area contributed by atoms with E-state index in [2.05, 4.69) is 25.7 Å². The maximum Gasteiger partial charge on any atom is 0.573 e. The predicted molar refractivity (Wildman–Crippen MR) is 133 cm³/mol. The molecule has 2 aromatic carbocycles. The van der Waals surface area contributed by atoms with Crippen LogP contribution >= 0.6 is 0 Å². The molecule has 0 saturated heterocycles. The van der Waals surface area contributed by atoms with Crippen LogP contribution < -0.4 is 20.7 Å². The number of alkyl halides is 3. The van der Waals surface area contributed by atoms with Crippen LogP contribution in [0.25, 0.3) is 0 Å². The summed E-state index contributed by atoms with van der Waals surface area (Å²) in [7, 11) is 1.59. The first kappa shape index (κ1) is 28.5. The Bertz CT molecular complexity index is 1170. The summed E-state index contributed by atoms with van der Waals surface area (Å²) in [5.41, 5.74) is 1.15. The summed E-state index contributed by atoms with van der Waals surface area (Å²) in [5.74, 6) is -0.631. The quantitative estimate of drug-likeness (QED) is 0.282. The Morgan fingerprint density at radius 2 is 1.71 bits per heavy atom. The van der Waals surface area contributed by atoms with Gasteiger partial charge >= 0.3 is 12.4 Å². The van der Waals surface area contributed by atoms with Crippen LogP contribution in [0, 0.1) is 0 Å². The number of rotatable bonds is 13. The molecular weight excluding hydrogens is 507 g/mol. The minimum atomic E-state index is -4.81. The van der Waals surface area contributed by atoms with Gasteiger partial charge in [-0.25, -0.2) is 9.78 Å². The SMILES string of the molecule is COCCOCCCNC(=O)c1nc(NC(=O)Nc2ccc(OC(F)(F)F)cc2)cn1Cc1ccccc1. The molecule has 38 heavy (non-hydrogen) atoms. The lowest BCUT2D eigenvalue weighted by Gasteiger charge is -2.10. The molecule has 1 aromatic heterocycles. The zero-order valence-corrected chi connectivity index (χ0v) is 20.6. The second-order valence-corrected chi connectivity index (χ2v) is 7.93. The molecular formula is C25H28F3N5O5. The number of amides is 3. The first-order valence-corrected chi connectivity index (χ1v) is 11.6. The van der Waals surface area contributed by atoms with E-state index in [0.717, 1.165) is 17.7 Å². The molecule has 3 N–H and O–H groups in total. The van der Waals surface area contributed by atoms with Crippen LogP contribution in [-0.2, 0) is 16.0 Å². The average molecular weight is 536 g/mol. The molecule has 3 amide bonds. The van der Waals surface area contributed by atoms with Gasteiger partial charge in [0.1, 0.15) is 5.75 Å². The number of aromatic nitrogens is 2. The molecule has 0 radical (unpaired) electrons. The highest BCUT2D eigenvalue weighted by Crippen LogP contribution is 2.24. The largest absolute Gasteiger partial charge is 0.573 e.